The molecule has 2 fully saturated rings. The zero-order valence-electron chi connectivity index (χ0n) is 13.3. The Kier molecular flexibility index (Phi) is 9.05. The van der Waals surface area contributed by atoms with E-state index in [0.717, 1.165) is 0 Å². The molecule has 0 amide bonds. The van der Waals surface area contributed by atoms with Gasteiger partial charge in [0.15, 0.2) is 0 Å². The second-order valence-electron chi connectivity index (χ2n) is 5.60. The van der Waals surface area contributed by atoms with Crippen LogP contribution in [-0.4, -0.2) is 12.2 Å². The summed E-state index contributed by atoms with van der Waals surface area (Å²) in [6, 6.07) is 0. The summed E-state index contributed by atoms with van der Waals surface area (Å²) in [5, 5.41) is 0. The van der Waals surface area contributed by atoms with Crippen molar-refractivity contribution >= 4 is 0 Å². The largest absolute Gasteiger partial charge is 2.00 e. The van der Waals surface area contributed by atoms with Gasteiger partial charge in [-0.1, -0.05) is 26.0 Å². The van der Waals surface area contributed by atoms with Crippen LogP contribution < -0.4 is 0 Å². The van der Waals surface area contributed by atoms with E-state index in [-0.39, 0.29) is 41.1 Å². The second-order valence-corrected chi connectivity index (χ2v) is 5.60. The number of hydrogen-bond donors (Lipinski definition) is 0. The monoisotopic (exact) mass is 336 g/mol. The van der Waals surface area contributed by atoms with Gasteiger partial charge >= 0.3 is 17.1 Å². The number of rotatable bonds is 8. The Morgan fingerprint density at radius 3 is 1.36 bits per heavy atom. The third kappa shape index (κ3) is 4.98. The summed E-state index contributed by atoms with van der Waals surface area (Å²) in [5.41, 5.74) is 0. The molecule has 2 aliphatic rings. The summed E-state index contributed by atoms with van der Waals surface area (Å²) in [5.74, 6) is 2.91. The topological polar surface area (TPSA) is 9.23 Å². The Morgan fingerprint density at radius 2 is 1.09 bits per heavy atom. The first-order valence-electron chi connectivity index (χ1n) is 7.51. The fourth-order valence-corrected chi connectivity index (χ4v) is 2.57. The van der Waals surface area contributed by atoms with Crippen LogP contribution in [0.15, 0.2) is 25.3 Å². The minimum atomic E-state index is 0. The van der Waals surface area contributed by atoms with E-state index in [4.69, 9.17) is 4.74 Å². The van der Waals surface area contributed by atoms with Crippen molar-refractivity contribution in [3.8, 4) is 0 Å². The third-order valence-electron chi connectivity index (χ3n) is 4.03. The van der Waals surface area contributed by atoms with E-state index < -0.39 is 0 Å². The molecule has 0 aliphatic heterocycles. The molecule has 0 aromatic carbocycles. The minimum Gasteiger partial charge on any atom is -0.373 e. The third-order valence-corrected chi connectivity index (χ3v) is 4.03. The van der Waals surface area contributed by atoms with E-state index >= 15 is 0 Å². The maximum atomic E-state index is 6.50. The first-order valence-corrected chi connectivity index (χ1v) is 7.51. The van der Waals surface area contributed by atoms with E-state index in [1.54, 1.807) is 0 Å². The van der Waals surface area contributed by atoms with Gasteiger partial charge in [-0.05, 0) is 51.4 Å². The van der Waals surface area contributed by atoms with Gasteiger partial charge in [-0.15, -0.1) is 13.2 Å². The zero-order chi connectivity index (χ0) is 15.2. The maximum Gasteiger partial charge on any atom is 2.00 e. The molecular formula is C20H24FeO+2. The van der Waals surface area contributed by atoms with Gasteiger partial charge in [0.2, 0.25) is 0 Å². The van der Waals surface area contributed by atoms with Crippen molar-refractivity contribution in [1.29, 1.82) is 0 Å². The van der Waals surface area contributed by atoms with Gasteiger partial charge in [-0.2, -0.15) is 0 Å². The summed E-state index contributed by atoms with van der Waals surface area (Å²) in [4.78, 5) is 0. The summed E-state index contributed by atoms with van der Waals surface area (Å²) >= 11 is 0. The Morgan fingerprint density at radius 1 is 0.773 bits per heavy atom. The van der Waals surface area contributed by atoms with Crippen molar-refractivity contribution in [2.75, 3.05) is 0 Å². The molecule has 22 heavy (non-hydrogen) atoms. The van der Waals surface area contributed by atoms with Crippen LogP contribution in [0.3, 0.4) is 0 Å². The summed E-state index contributed by atoms with van der Waals surface area (Å²) in [6.45, 7) is 12.1. The molecule has 2 rings (SSSR count). The first kappa shape index (κ1) is 20.0. The van der Waals surface area contributed by atoms with Crippen molar-refractivity contribution in [1.82, 2.24) is 0 Å². The molecule has 10 radical (unpaired) electrons. The Balaban J connectivity index is 0.00000242. The van der Waals surface area contributed by atoms with Crippen LogP contribution in [0.2, 0.25) is 0 Å². The molecule has 116 valence electrons. The van der Waals surface area contributed by atoms with Crippen molar-refractivity contribution in [2.45, 2.75) is 26.1 Å². The standard InChI is InChI=1S/C20H24O.Fe/c1-5-15(3)19(17-11-7-8-12-17)21-20(16(4)6-2)18-13-9-10-14-18;/h5-16,19-20H,1-2H2,3-4H3;/q;+2. The predicted octanol–water partition coefficient (Wildman–Crippen LogP) is 4.19. The minimum absolute atomic E-state index is 0. The molecule has 0 heterocycles. The molecule has 4 atom stereocenters. The van der Waals surface area contributed by atoms with Crippen molar-refractivity contribution in [2.24, 2.45) is 11.8 Å². The molecule has 0 bridgehead atoms. The number of ether oxygens (including phenoxy) is 1. The Labute approximate surface area is 148 Å². The van der Waals surface area contributed by atoms with Crippen LogP contribution in [-0.2, 0) is 21.8 Å². The first-order chi connectivity index (χ1) is 10.2. The number of hydrogen-bond acceptors (Lipinski definition) is 1. The molecule has 0 saturated heterocycles. The van der Waals surface area contributed by atoms with Gasteiger partial charge in [0, 0.05) is 23.7 Å². The van der Waals surface area contributed by atoms with Crippen molar-refractivity contribution in [3.05, 3.63) is 88.5 Å². The quantitative estimate of drug-likeness (QED) is 0.477. The predicted molar refractivity (Wildman–Crippen MR) is 88.3 cm³/mol. The smallest absolute Gasteiger partial charge is 0.373 e. The van der Waals surface area contributed by atoms with E-state index in [0.29, 0.717) is 0 Å². The van der Waals surface area contributed by atoms with Crippen LogP contribution in [0.4, 0.5) is 0 Å². The molecule has 2 saturated carbocycles. The maximum absolute atomic E-state index is 6.50. The van der Waals surface area contributed by atoms with Crippen molar-refractivity contribution in [3.63, 3.8) is 0 Å². The van der Waals surface area contributed by atoms with E-state index in [9.17, 15) is 0 Å². The fraction of sp³-hybridized carbons (Fsp3) is 0.300. The molecule has 4 unspecified atom stereocenters. The fourth-order valence-electron chi connectivity index (χ4n) is 2.57. The normalized spacial score (nSPS) is 25.2. The van der Waals surface area contributed by atoms with Crippen LogP contribution in [0.25, 0.3) is 0 Å². The summed E-state index contributed by atoms with van der Waals surface area (Å²) in [6.07, 6.45) is 20.6. The molecule has 0 spiro atoms. The van der Waals surface area contributed by atoms with Gasteiger partial charge in [-0.25, -0.2) is 0 Å². The van der Waals surface area contributed by atoms with Gasteiger partial charge in [0.1, 0.15) is 0 Å². The average Bonchev–Trinajstić information content (AvgIpc) is 3.20. The van der Waals surface area contributed by atoms with Crippen LogP contribution in [0.1, 0.15) is 13.8 Å². The molecular weight excluding hydrogens is 312 g/mol. The van der Waals surface area contributed by atoms with Gasteiger partial charge < -0.3 is 4.74 Å². The van der Waals surface area contributed by atoms with Crippen LogP contribution >= 0.6 is 0 Å². The molecule has 0 N–H and O–H groups in total. The molecule has 2 heteroatoms. The zero-order valence-corrected chi connectivity index (χ0v) is 14.4. The molecule has 0 aromatic heterocycles. The van der Waals surface area contributed by atoms with Crippen molar-refractivity contribution < 1.29 is 21.8 Å². The van der Waals surface area contributed by atoms with Crippen LogP contribution in [0.5, 0.6) is 0 Å². The molecule has 1 nitrogen and oxygen atoms in total. The van der Waals surface area contributed by atoms with E-state index in [1.165, 1.54) is 11.8 Å². The summed E-state index contributed by atoms with van der Waals surface area (Å²) in [7, 11) is 0. The molecule has 0 aromatic rings. The van der Waals surface area contributed by atoms with E-state index in [1.807, 2.05) is 12.2 Å². The van der Waals surface area contributed by atoms with Gasteiger partial charge in [-0.3, -0.25) is 0 Å². The SMILES string of the molecule is C=CC(C)C(OC([C]1[CH][CH][CH][CH]1)C(C)C=C)[C]1[CH][CH][CH][CH]1.[Fe+2]. The van der Waals surface area contributed by atoms with E-state index in [2.05, 4.69) is 78.4 Å². The van der Waals surface area contributed by atoms with Gasteiger partial charge in [0.05, 0.1) is 12.2 Å². The summed E-state index contributed by atoms with van der Waals surface area (Å²) < 4.78 is 6.50. The Hall–Kier alpha value is -0.0405. The Bertz CT molecular complexity index is 297. The van der Waals surface area contributed by atoms with Crippen LogP contribution in [0, 0.1) is 75.0 Å². The second kappa shape index (κ2) is 9.96. The average molecular weight is 336 g/mol. The van der Waals surface area contributed by atoms with Gasteiger partial charge in [0.25, 0.3) is 0 Å². The molecule has 2 aliphatic carbocycles.